The number of rotatable bonds is 7. The summed E-state index contributed by atoms with van der Waals surface area (Å²) in [6, 6.07) is 7.85. The Hall–Kier alpha value is -2.83. The van der Waals surface area contributed by atoms with Crippen LogP contribution in [0.4, 0.5) is 5.69 Å². The maximum Gasteiger partial charge on any atom is 0.278 e. The number of carbonyl (C=O) groups excluding carboxylic acids is 1. The molecular weight excluding hydrogens is 356 g/mol. The van der Waals surface area contributed by atoms with Crippen LogP contribution in [0.1, 0.15) is 37.0 Å². The van der Waals surface area contributed by atoms with E-state index in [1.54, 1.807) is 12.4 Å². The Labute approximate surface area is 166 Å². The fraction of sp³-hybridized carbons (Fsp3) is 0.476. The number of methoxy groups -OCH3 is 1. The number of nitrogens with zero attached hydrogens (tertiary/aromatic N) is 4. The number of anilines is 1. The first-order chi connectivity index (χ1) is 13.7. The zero-order valence-corrected chi connectivity index (χ0v) is 16.8. The lowest BCUT2D eigenvalue weighted by Gasteiger charge is -2.32. The number of piperidine rings is 1. The van der Waals surface area contributed by atoms with Crippen molar-refractivity contribution in [2.45, 2.75) is 32.8 Å². The summed E-state index contributed by atoms with van der Waals surface area (Å²) in [5.74, 6) is 0.760. The molecule has 1 saturated heterocycles. The standard InChI is InChI=1S/C21H28N4O3/c1-4-24(5-2)17-10-8-16(9-11-17)21(26)25-14-6-7-18(15-25)28-20-19(27-3)22-12-13-23-20/h8-13,18H,4-7,14-15H2,1-3H3. The van der Waals surface area contributed by atoms with Crippen molar-refractivity contribution in [1.29, 1.82) is 0 Å². The summed E-state index contributed by atoms with van der Waals surface area (Å²) in [7, 11) is 1.54. The molecule has 1 unspecified atom stereocenters. The van der Waals surface area contributed by atoms with Crippen LogP contribution < -0.4 is 14.4 Å². The number of hydrogen-bond donors (Lipinski definition) is 0. The van der Waals surface area contributed by atoms with Gasteiger partial charge in [-0.2, -0.15) is 0 Å². The molecule has 1 atom stereocenters. The van der Waals surface area contributed by atoms with Gasteiger partial charge in [-0.25, -0.2) is 9.97 Å². The van der Waals surface area contributed by atoms with E-state index >= 15 is 0 Å². The normalized spacial score (nSPS) is 16.5. The van der Waals surface area contributed by atoms with Crippen LogP contribution >= 0.6 is 0 Å². The molecule has 28 heavy (non-hydrogen) atoms. The van der Waals surface area contributed by atoms with Crippen LogP contribution in [0.3, 0.4) is 0 Å². The second-order valence-corrected chi connectivity index (χ2v) is 6.72. The molecule has 150 valence electrons. The Bertz CT molecular complexity index is 777. The van der Waals surface area contributed by atoms with Gasteiger partial charge in [0.2, 0.25) is 0 Å². The Balaban J connectivity index is 1.65. The highest BCUT2D eigenvalue weighted by molar-refractivity contribution is 5.94. The summed E-state index contributed by atoms with van der Waals surface area (Å²) in [4.78, 5) is 25.4. The fourth-order valence-corrected chi connectivity index (χ4v) is 3.50. The summed E-state index contributed by atoms with van der Waals surface area (Å²) in [5.41, 5.74) is 1.84. The summed E-state index contributed by atoms with van der Waals surface area (Å²) in [6.45, 7) is 7.40. The molecule has 0 radical (unpaired) electrons. The van der Waals surface area contributed by atoms with Gasteiger partial charge in [-0.1, -0.05) is 0 Å². The zero-order chi connectivity index (χ0) is 19.9. The molecule has 3 rings (SSSR count). The van der Waals surface area contributed by atoms with Crippen molar-refractivity contribution in [3.05, 3.63) is 42.2 Å². The third kappa shape index (κ3) is 4.52. The van der Waals surface area contributed by atoms with Gasteiger partial charge in [-0.15, -0.1) is 0 Å². The second kappa shape index (κ2) is 9.39. The molecule has 1 aromatic heterocycles. The first-order valence-corrected chi connectivity index (χ1v) is 9.82. The number of hydrogen-bond acceptors (Lipinski definition) is 6. The first kappa shape index (κ1) is 19.9. The molecule has 0 spiro atoms. The van der Waals surface area contributed by atoms with Crippen LogP contribution in [-0.2, 0) is 0 Å². The fourth-order valence-electron chi connectivity index (χ4n) is 3.50. The van der Waals surface area contributed by atoms with Gasteiger partial charge in [-0.3, -0.25) is 4.79 Å². The van der Waals surface area contributed by atoms with Crippen LogP contribution in [0, 0.1) is 0 Å². The highest BCUT2D eigenvalue weighted by atomic mass is 16.5. The topological polar surface area (TPSA) is 67.8 Å². The maximum absolute atomic E-state index is 12.9. The number of amides is 1. The van der Waals surface area contributed by atoms with E-state index in [4.69, 9.17) is 9.47 Å². The van der Waals surface area contributed by atoms with Gasteiger partial charge in [0.15, 0.2) is 0 Å². The molecule has 0 N–H and O–H groups in total. The van der Waals surface area contributed by atoms with Crippen LogP contribution in [0.15, 0.2) is 36.7 Å². The van der Waals surface area contributed by atoms with E-state index in [0.29, 0.717) is 23.9 Å². The SMILES string of the molecule is CCN(CC)c1ccc(C(=O)N2CCCC(Oc3nccnc3OC)C2)cc1. The Kier molecular flexibility index (Phi) is 6.68. The van der Waals surface area contributed by atoms with E-state index in [1.165, 1.54) is 7.11 Å². The smallest absolute Gasteiger partial charge is 0.278 e. The Morgan fingerprint density at radius 1 is 1.14 bits per heavy atom. The van der Waals surface area contributed by atoms with Crippen LogP contribution in [0.2, 0.25) is 0 Å². The molecule has 7 nitrogen and oxygen atoms in total. The molecular formula is C21H28N4O3. The number of ether oxygens (including phenoxy) is 2. The van der Waals surface area contributed by atoms with Gasteiger partial charge >= 0.3 is 0 Å². The minimum atomic E-state index is -0.127. The molecule has 0 bridgehead atoms. The van der Waals surface area contributed by atoms with Crippen LogP contribution in [0.5, 0.6) is 11.8 Å². The van der Waals surface area contributed by atoms with E-state index in [9.17, 15) is 4.79 Å². The lowest BCUT2D eigenvalue weighted by molar-refractivity contribution is 0.0519. The average molecular weight is 384 g/mol. The van der Waals surface area contributed by atoms with Crippen molar-refractivity contribution >= 4 is 11.6 Å². The second-order valence-electron chi connectivity index (χ2n) is 6.72. The maximum atomic E-state index is 12.9. The van der Waals surface area contributed by atoms with E-state index in [1.807, 2.05) is 29.2 Å². The monoisotopic (exact) mass is 384 g/mol. The van der Waals surface area contributed by atoms with Crippen molar-refractivity contribution in [2.75, 3.05) is 38.2 Å². The van der Waals surface area contributed by atoms with E-state index < -0.39 is 0 Å². The average Bonchev–Trinajstić information content (AvgIpc) is 2.75. The van der Waals surface area contributed by atoms with Gasteiger partial charge in [0.05, 0.1) is 13.7 Å². The van der Waals surface area contributed by atoms with Gasteiger partial charge in [0.25, 0.3) is 17.7 Å². The zero-order valence-electron chi connectivity index (χ0n) is 16.8. The Morgan fingerprint density at radius 3 is 2.46 bits per heavy atom. The van der Waals surface area contributed by atoms with Crippen molar-refractivity contribution in [3.8, 4) is 11.8 Å². The number of likely N-dealkylation sites (tertiary alicyclic amines) is 1. The quantitative estimate of drug-likeness (QED) is 0.731. The Morgan fingerprint density at radius 2 is 1.82 bits per heavy atom. The molecule has 2 aromatic rings. The van der Waals surface area contributed by atoms with Crippen LogP contribution in [0.25, 0.3) is 0 Å². The number of benzene rings is 1. The van der Waals surface area contributed by atoms with Crippen molar-refractivity contribution < 1.29 is 14.3 Å². The van der Waals surface area contributed by atoms with E-state index in [2.05, 4.69) is 28.7 Å². The molecule has 1 fully saturated rings. The largest absolute Gasteiger partial charge is 0.477 e. The summed E-state index contributed by atoms with van der Waals surface area (Å²) >= 11 is 0. The molecule has 1 aliphatic rings. The third-order valence-corrected chi connectivity index (χ3v) is 5.01. The minimum absolute atomic E-state index is 0.0329. The van der Waals surface area contributed by atoms with E-state index in [-0.39, 0.29) is 12.0 Å². The molecule has 0 saturated carbocycles. The van der Waals surface area contributed by atoms with Crippen molar-refractivity contribution in [2.24, 2.45) is 0 Å². The molecule has 0 aliphatic carbocycles. The molecule has 7 heteroatoms. The van der Waals surface area contributed by atoms with Gasteiger partial charge < -0.3 is 19.3 Å². The molecule has 1 aliphatic heterocycles. The van der Waals surface area contributed by atoms with Gasteiger partial charge in [0.1, 0.15) is 6.10 Å². The third-order valence-electron chi connectivity index (χ3n) is 5.01. The first-order valence-electron chi connectivity index (χ1n) is 9.82. The highest BCUT2D eigenvalue weighted by Gasteiger charge is 2.27. The summed E-state index contributed by atoms with van der Waals surface area (Å²) in [5, 5.41) is 0. The molecule has 1 amide bonds. The van der Waals surface area contributed by atoms with Gasteiger partial charge in [0, 0.05) is 43.3 Å². The molecule has 2 heterocycles. The lowest BCUT2D eigenvalue weighted by Crippen LogP contribution is -2.44. The predicted molar refractivity (Wildman–Crippen MR) is 108 cm³/mol. The number of aromatic nitrogens is 2. The van der Waals surface area contributed by atoms with Crippen molar-refractivity contribution in [3.63, 3.8) is 0 Å². The predicted octanol–water partition coefficient (Wildman–Crippen LogP) is 3.02. The lowest BCUT2D eigenvalue weighted by atomic mass is 10.1. The van der Waals surface area contributed by atoms with Crippen molar-refractivity contribution in [1.82, 2.24) is 14.9 Å². The molecule has 1 aromatic carbocycles. The number of carbonyl (C=O) groups is 1. The summed E-state index contributed by atoms with van der Waals surface area (Å²) in [6.07, 6.45) is 4.75. The van der Waals surface area contributed by atoms with Gasteiger partial charge in [-0.05, 0) is 51.0 Å². The van der Waals surface area contributed by atoms with Crippen LogP contribution in [-0.4, -0.2) is 60.2 Å². The summed E-state index contributed by atoms with van der Waals surface area (Å²) < 4.78 is 11.2. The minimum Gasteiger partial charge on any atom is -0.477 e. The van der Waals surface area contributed by atoms with E-state index in [0.717, 1.165) is 38.2 Å². The highest BCUT2D eigenvalue weighted by Crippen LogP contribution is 2.24.